The van der Waals surface area contributed by atoms with Crippen molar-refractivity contribution in [1.82, 2.24) is 9.97 Å². The Hall–Kier alpha value is -2.08. The fourth-order valence-corrected chi connectivity index (χ4v) is 3.91. The van der Waals surface area contributed by atoms with E-state index in [4.69, 9.17) is 10.5 Å². The second-order valence-electron chi connectivity index (χ2n) is 5.50. The lowest BCUT2D eigenvalue weighted by molar-refractivity contribution is 0.296. The number of thioether (sulfide) groups is 1. The largest absolute Gasteiger partial charge is 0.493 e. The topological polar surface area (TPSA) is 73.4 Å². The van der Waals surface area contributed by atoms with Crippen LogP contribution < -0.4 is 10.5 Å². The van der Waals surface area contributed by atoms with Gasteiger partial charge in [-0.25, -0.2) is 9.97 Å². The van der Waals surface area contributed by atoms with E-state index in [9.17, 15) is 0 Å². The highest BCUT2D eigenvalue weighted by molar-refractivity contribution is 8.13. The van der Waals surface area contributed by atoms with Crippen molar-refractivity contribution in [2.24, 2.45) is 16.6 Å². The molecular formula is C16H16N4OS. The fourth-order valence-electron chi connectivity index (χ4n) is 2.99. The zero-order chi connectivity index (χ0) is 14.9. The first-order valence-corrected chi connectivity index (χ1v) is 8.28. The molecule has 112 valence electrons. The van der Waals surface area contributed by atoms with Gasteiger partial charge in [0, 0.05) is 29.3 Å². The minimum absolute atomic E-state index is 0.0864. The van der Waals surface area contributed by atoms with Crippen molar-refractivity contribution in [2.45, 2.75) is 12.5 Å². The van der Waals surface area contributed by atoms with Crippen molar-refractivity contribution in [3.63, 3.8) is 0 Å². The molecule has 0 saturated carbocycles. The van der Waals surface area contributed by atoms with Gasteiger partial charge >= 0.3 is 0 Å². The first-order valence-electron chi connectivity index (χ1n) is 7.29. The van der Waals surface area contributed by atoms with Gasteiger partial charge in [0.2, 0.25) is 0 Å². The Labute approximate surface area is 133 Å². The molecule has 4 rings (SSSR count). The Morgan fingerprint density at radius 3 is 2.91 bits per heavy atom. The van der Waals surface area contributed by atoms with E-state index in [1.165, 1.54) is 6.33 Å². The summed E-state index contributed by atoms with van der Waals surface area (Å²) >= 11 is 1.64. The predicted octanol–water partition coefficient (Wildman–Crippen LogP) is 2.64. The minimum atomic E-state index is 0.0864. The molecule has 2 aliphatic heterocycles. The van der Waals surface area contributed by atoms with Crippen LogP contribution in [0.15, 0.2) is 41.9 Å². The van der Waals surface area contributed by atoms with Crippen LogP contribution in [-0.4, -0.2) is 27.5 Å². The fraction of sp³-hybridized carbons (Fsp3) is 0.312. The first kappa shape index (κ1) is 13.6. The molecule has 22 heavy (non-hydrogen) atoms. The molecule has 0 radical (unpaired) electrons. The van der Waals surface area contributed by atoms with E-state index in [1.807, 2.05) is 24.5 Å². The molecule has 5 nitrogen and oxygen atoms in total. The highest BCUT2D eigenvalue weighted by Crippen LogP contribution is 2.43. The number of benzene rings is 1. The Morgan fingerprint density at radius 2 is 2.05 bits per heavy atom. The van der Waals surface area contributed by atoms with Crippen LogP contribution in [0, 0.1) is 5.92 Å². The third kappa shape index (κ3) is 2.43. The maximum atomic E-state index is 5.95. The van der Waals surface area contributed by atoms with E-state index in [2.05, 4.69) is 21.0 Å². The number of rotatable bonds is 1. The number of amidine groups is 1. The van der Waals surface area contributed by atoms with Crippen molar-refractivity contribution >= 4 is 16.9 Å². The molecule has 1 aromatic heterocycles. The van der Waals surface area contributed by atoms with Gasteiger partial charge in [-0.3, -0.25) is 4.99 Å². The van der Waals surface area contributed by atoms with Gasteiger partial charge in [0.25, 0.3) is 0 Å². The summed E-state index contributed by atoms with van der Waals surface area (Å²) in [6.45, 7) is 0.734. The van der Waals surface area contributed by atoms with E-state index in [0.717, 1.165) is 41.2 Å². The standard InChI is InChI=1S/C16H16N4OS/c17-16-20-15-11(8-22-16)3-4-21-14-2-1-10(5-13(14)15)12-6-18-9-19-7-12/h1-2,5-7,9,11,15H,3-4,8H2,(H2,17,20). The molecule has 1 aromatic carbocycles. The van der Waals surface area contributed by atoms with Crippen molar-refractivity contribution in [1.29, 1.82) is 0 Å². The summed E-state index contributed by atoms with van der Waals surface area (Å²) in [6.07, 6.45) is 6.18. The molecule has 2 unspecified atom stereocenters. The van der Waals surface area contributed by atoms with Gasteiger partial charge in [0.1, 0.15) is 12.1 Å². The Kier molecular flexibility index (Phi) is 3.46. The first-order chi connectivity index (χ1) is 10.8. The summed E-state index contributed by atoms with van der Waals surface area (Å²) in [5, 5.41) is 0.669. The van der Waals surface area contributed by atoms with E-state index in [1.54, 1.807) is 11.8 Å². The quantitative estimate of drug-likeness (QED) is 0.876. The monoisotopic (exact) mass is 312 g/mol. The molecule has 2 N–H and O–H groups in total. The molecule has 3 heterocycles. The van der Waals surface area contributed by atoms with Crippen LogP contribution in [0.2, 0.25) is 0 Å². The summed E-state index contributed by atoms with van der Waals surface area (Å²) in [6, 6.07) is 6.29. The SMILES string of the molecule is NC1=NC2c3cc(-c4cncnc4)ccc3OCCC2CS1. The Bertz CT molecular complexity index is 719. The average molecular weight is 312 g/mol. The van der Waals surface area contributed by atoms with Crippen LogP contribution in [0.3, 0.4) is 0 Å². The molecule has 2 aromatic rings. The van der Waals surface area contributed by atoms with Gasteiger partial charge in [-0.15, -0.1) is 0 Å². The number of aromatic nitrogens is 2. The maximum absolute atomic E-state index is 5.95. The molecule has 0 aliphatic carbocycles. The Balaban J connectivity index is 1.81. The van der Waals surface area contributed by atoms with Crippen LogP contribution in [0.1, 0.15) is 18.0 Å². The number of ether oxygens (including phenoxy) is 1. The van der Waals surface area contributed by atoms with Crippen LogP contribution in [0.5, 0.6) is 5.75 Å². The molecule has 0 bridgehead atoms. The van der Waals surface area contributed by atoms with E-state index < -0.39 is 0 Å². The average Bonchev–Trinajstić information content (AvgIpc) is 2.74. The lowest BCUT2D eigenvalue weighted by Crippen LogP contribution is -2.24. The van der Waals surface area contributed by atoms with Crippen molar-refractivity contribution in [3.05, 3.63) is 42.5 Å². The minimum Gasteiger partial charge on any atom is -0.493 e. The zero-order valence-corrected chi connectivity index (χ0v) is 12.8. The Morgan fingerprint density at radius 1 is 1.18 bits per heavy atom. The maximum Gasteiger partial charge on any atom is 0.154 e. The van der Waals surface area contributed by atoms with Crippen LogP contribution in [0.25, 0.3) is 11.1 Å². The normalized spacial score (nSPS) is 23.5. The summed E-state index contributed by atoms with van der Waals surface area (Å²) in [5.74, 6) is 2.39. The molecule has 2 atom stereocenters. The lowest BCUT2D eigenvalue weighted by atomic mass is 9.91. The van der Waals surface area contributed by atoms with Gasteiger partial charge in [-0.2, -0.15) is 0 Å². The summed E-state index contributed by atoms with van der Waals surface area (Å²) < 4.78 is 5.92. The van der Waals surface area contributed by atoms with E-state index >= 15 is 0 Å². The number of nitrogens with two attached hydrogens (primary N) is 1. The smallest absolute Gasteiger partial charge is 0.154 e. The number of hydrogen-bond donors (Lipinski definition) is 1. The zero-order valence-electron chi connectivity index (χ0n) is 12.0. The molecule has 2 aliphatic rings. The highest BCUT2D eigenvalue weighted by atomic mass is 32.2. The molecular weight excluding hydrogens is 296 g/mol. The lowest BCUT2D eigenvalue weighted by Gasteiger charge is -2.26. The summed E-state index contributed by atoms with van der Waals surface area (Å²) in [5.41, 5.74) is 9.14. The second kappa shape index (κ2) is 5.61. The third-order valence-electron chi connectivity index (χ3n) is 4.13. The molecule has 0 fully saturated rings. The highest BCUT2D eigenvalue weighted by Gasteiger charge is 2.32. The number of nitrogens with zero attached hydrogens (tertiary/aromatic N) is 3. The van der Waals surface area contributed by atoms with Gasteiger partial charge in [0.05, 0.1) is 12.6 Å². The number of hydrogen-bond acceptors (Lipinski definition) is 6. The van der Waals surface area contributed by atoms with Crippen molar-refractivity contribution in [2.75, 3.05) is 12.4 Å². The molecule has 0 spiro atoms. The van der Waals surface area contributed by atoms with Crippen LogP contribution in [0.4, 0.5) is 0 Å². The second-order valence-corrected chi connectivity index (χ2v) is 6.54. The van der Waals surface area contributed by atoms with Crippen LogP contribution in [-0.2, 0) is 0 Å². The van der Waals surface area contributed by atoms with Gasteiger partial charge < -0.3 is 10.5 Å². The van der Waals surface area contributed by atoms with Gasteiger partial charge in [-0.05, 0) is 30.0 Å². The van der Waals surface area contributed by atoms with Crippen molar-refractivity contribution in [3.8, 4) is 16.9 Å². The molecule has 6 heteroatoms. The molecule has 0 amide bonds. The van der Waals surface area contributed by atoms with Crippen LogP contribution >= 0.6 is 11.8 Å². The summed E-state index contributed by atoms with van der Waals surface area (Å²) in [4.78, 5) is 12.9. The molecule has 0 saturated heterocycles. The van der Waals surface area contributed by atoms with E-state index in [0.29, 0.717) is 11.1 Å². The van der Waals surface area contributed by atoms with E-state index in [-0.39, 0.29) is 6.04 Å². The van der Waals surface area contributed by atoms with Gasteiger partial charge in [-0.1, -0.05) is 17.8 Å². The summed E-state index contributed by atoms with van der Waals surface area (Å²) in [7, 11) is 0. The third-order valence-corrected chi connectivity index (χ3v) is 5.12. The number of aliphatic imine (C=N–C) groups is 1. The van der Waals surface area contributed by atoms with Gasteiger partial charge in [0.15, 0.2) is 5.17 Å². The number of fused-ring (bicyclic) bond motifs is 3. The predicted molar refractivity (Wildman–Crippen MR) is 87.9 cm³/mol. The van der Waals surface area contributed by atoms with Crippen molar-refractivity contribution < 1.29 is 4.74 Å².